The molecule has 0 spiro atoms. The van der Waals surface area contributed by atoms with E-state index < -0.39 is 43.2 Å². The van der Waals surface area contributed by atoms with Crippen molar-refractivity contribution in [3.8, 4) is 23.0 Å². The zero-order valence-electron chi connectivity index (χ0n) is 29.7. The monoisotopic (exact) mass is 810 g/mol. The van der Waals surface area contributed by atoms with Gasteiger partial charge in [-0.1, -0.05) is 35.9 Å². The van der Waals surface area contributed by atoms with Crippen LogP contribution >= 0.6 is 11.6 Å². The summed E-state index contributed by atoms with van der Waals surface area (Å²) in [5, 5.41) is 21.3. The zero-order chi connectivity index (χ0) is 40.4. The molecule has 6 aromatic carbocycles. The number of hydrogen-bond donors (Lipinski definition) is 2. The molecule has 0 radical (unpaired) electrons. The fraction of sp³-hybridized carbons (Fsp3) is 0.150. The van der Waals surface area contributed by atoms with Crippen LogP contribution in [0.15, 0.2) is 101 Å². The number of ether oxygens (including phenoxy) is 2. The van der Waals surface area contributed by atoms with E-state index in [2.05, 4.69) is 0 Å². The molecule has 6 rings (SSSR count). The van der Waals surface area contributed by atoms with E-state index in [9.17, 15) is 40.3 Å². The number of hydrogen-bond acceptors (Lipinski definition) is 8. The Kier molecular flexibility index (Phi) is 11.8. The minimum Gasteiger partial charge on any atom is -0.481 e. The molecule has 6 aromatic rings. The lowest BCUT2D eigenvalue weighted by Crippen LogP contribution is -2.04. The molecule has 55 heavy (non-hydrogen) atoms. The van der Waals surface area contributed by atoms with Gasteiger partial charge in [0.1, 0.15) is 23.1 Å². The van der Waals surface area contributed by atoms with Crippen molar-refractivity contribution in [2.75, 3.05) is 12.5 Å². The van der Waals surface area contributed by atoms with Crippen molar-refractivity contribution >= 4 is 64.8 Å². The van der Waals surface area contributed by atoms with Gasteiger partial charge in [0.15, 0.2) is 31.2 Å². The van der Waals surface area contributed by atoms with Crippen LogP contribution in [-0.4, -0.2) is 51.5 Å². The summed E-state index contributed by atoms with van der Waals surface area (Å²) in [5.74, 6) is -2.63. The van der Waals surface area contributed by atoms with Crippen molar-refractivity contribution in [2.45, 2.75) is 36.5 Å². The first-order valence-electron chi connectivity index (χ1n) is 16.2. The van der Waals surface area contributed by atoms with Gasteiger partial charge in [-0.3, -0.25) is 9.59 Å². The molecule has 0 unspecified atom stereocenters. The largest absolute Gasteiger partial charge is 0.481 e. The Hall–Kier alpha value is -5.57. The lowest BCUT2D eigenvalue weighted by atomic mass is 9.98. The van der Waals surface area contributed by atoms with Gasteiger partial charge in [0.2, 0.25) is 0 Å². The summed E-state index contributed by atoms with van der Waals surface area (Å²) in [7, 11) is -6.89. The summed E-state index contributed by atoms with van der Waals surface area (Å²) >= 11 is 6.12. The standard InChI is InChI=1S/C20H17ClO5S.C20H16F2O5S/c1-12-14(10-19(22)23)9-13-3-4-15(21)11-18(13)20(12)26-16-5-7-17(8-6-16)27(2,24)25;1-11-13(8-19(23)24)7-12-3-4-14(21)9-16(12)20(11)27-18-6-5-15(10-17(18)22)28(2,25)26/h3-9,11H,10H2,1-2H3,(H,22,23);3-7,9-10H,8H2,1-2H3,(H,23,24). The molecule has 0 amide bonds. The second kappa shape index (κ2) is 16.0. The van der Waals surface area contributed by atoms with Crippen LogP contribution in [0.2, 0.25) is 5.02 Å². The van der Waals surface area contributed by atoms with Gasteiger partial charge in [0.25, 0.3) is 0 Å². The molecule has 0 aliphatic rings. The number of carboxylic acid groups (broad SMARTS) is 2. The Labute approximate surface area is 320 Å². The molecule has 2 N–H and O–H groups in total. The van der Waals surface area contributed by atoms with Crippen LogP contribution in [0.5, 0.6) is 23.0 Å². The van der Waals surface area contributed by atoms with Crippen molar-refractivity contribution in [1.82, 2.24) is 0 Å². The number of halogens is 3. The van der Waals surface area contributed by atoms with Crippen molar-refractivity contribution in [3.05, 3.63) is 130 Å². The fourth-order valence-electron chi connectivity index (χ4n) is 5.72. The Bertz CT molecular complexity index is 2720. The zero-order valence-corrected chi connectivity index (χ0v) is 32.1. The number of fused-ring (bicyclic) bond motifs is 2. The van der Waals surface area contributed by atoms with E-state index in [1.807, 2.05) is 12.1 Å². The van der Waals surface area contributed by atoms with E-state index in [1.54, 1.807) is 44.2 Å². The molecule has 0 saturated heterocycles. The number of aliphatic carboxylic acids is 2. The highest BCUT2D eigenvalue weighted by molar-refractivity contribution is 7.91. The second-order valence-electron chi connectivity index (χ2n) is 12.7. The summed E-state index contributed by atoms with van der Waals surface area (Å²) in [6.07, 6.45) is 1.68. The van der Waals surface area contributed by atoms with Gasteiger partial charge in [-0.05, 0) is 114 Å². The van der Waals surface area contributed by atoms with Gasteiger partial charge in [-0.15, -0.1) is 0 Å². The lowest BCUT2D eigenvalue weighted by Gasteiger charge is -2.16. The van der Waals surface area contributed by atoms with Gasteiger partial charge in [0, 0.05) is 28.3 Å². The summed E-state index contributed by atoms with van der Waals surface area (Å²) in [5.41, 5.74) is 2.20. The molecule has 10 nitrogen and oxygen atoms in total. The van der Waals surface area contributed by atoms with E-state index in [0.717, 1.165) is 29.4 Å². The molecule has 286 valence electrons. The average molecular weight is 811 g/mol. The summed E-state index contributed by atoms with van der Waals surface area (Å²) in [6.45, 7) is 3.39. The molecular formula is C40H33ClF2O10S2. The van der Waals surface area contributed by atoms with Crippen LogP contribution in [0.4, 0.5) is 8.78 Å². The summed E-state index contributed by atoms with van der Waals surface area (Å²) in [4.78, 5) is 22.3. The highest BCUT2D eigenvalue weighted by Crippen LogP contribution is 2.39. The Morgan fingerprint density at radius 3 is 1.64 bits per heavy atom. The predicted molar refractivity (Wildman–Crippen MR) is 204 cm³/mol. The quantitative estimate of drug-likeness (QED) is 0.137. The Morgan fingerprint density at radius 2 is 1.13 bits per heavy atom. The number of sulfone groups is 2. The minimum absolute atomic E-state index is 0.110. The second-order valence-corrected chi connectivity index (χ2v) is 17.1. The Balaban J connectivity index is 0.000000211. The van der Waals surface area contributed by atoms with Gasteiger partial charge in [-0.2, -0.15) is 0 Å². The lowest BCUT2D eigenvalue weighted by molar-refractivity contribution is -0.137. The van der Waals surface area contributed by atoms with Crippen LogP contribution in [0, 0.1) is 25.5 Å². The molecule has 0 aliphatic heterocycles. The minimum atomic E-state index is -3.59. The van der Waals surface area contributed by atoms with Crippen molar-refractivity contribution < 1.29 is 54.9 Å². The maximum Gasteiger partial charge on any atom is 0.307 e. The van der Waals surface area contributed by atoms with Crippen LogP contribution in [0.25, 0.3) is 21.5 Å². The van der Waals surface area contributed by atoms with Crippen LogP contribution in [0.3, 0.4) is 0 Å². The third kappa shape index (κ3) is 9.76. The van der Waals surface area contributed by atoms with Gasteiger partial charge in [0.05, 0.1) is 22.6 Å². The van der Waals surface area contributed by atoms with Gasteiger partial charge in [-0.25, -0.2) is 25.6 Å². The molecule has 0 atom stereocenters. The van der Waals surface area contributed by atoms with E-state index in [1.165, 1.54) is 42.5 Å². The fourth-order valence-corrected chi connectivity index (χ4v) is 7.16. The highest BCUT2D eigenvalue weighted by atomic mass is 35.5. The first-order valence-corrected chi connectivity index (χ1v) is 20.4. The topological polar surface area (TPSA) is 161 Å². The maximum absolute atomic E-state index is 14.4. The van der Waals surface area contributed by atoms with Crippen LogP contribution < -0.4 is 9.47 Å². The SMILES string of the molecule is Cc1c(CC(=O)O)cc2ccc(Cl)cc2c1Oc1ccc(S(C)(=O)=O)cc1.Cc1c(CC(=O)O)cc2ccc(F)cc2c1Oc1ccc(S(C)(=O)=O)cc1F. The van der Waals surface area contributed by atoms with Crippen molar-refractivity contribution in [2.24, 2.45) is 0 Å². The van der Waals surface area contributed by atoms with Gasteiger partial charge >= 0.3 is 11.9 Å². The molecular weight excluding hydrogens is 778 g/mol. The smallest absolute Gasteiger partial charge is 0.307 e. The number of carbonyl (C=O) groups is 2. The molecule has 0 heterocycles. The maximum atomic E-state index is 14.4. The Morgan fingerprint density at radius 1 is 0.636 bits per heavy atom. The first-order chi connectivity index (χ1) is 25.7. The number of rotatable bonds is 10. The highest BCUT2D eigenvalue weighted by Gasteiger charge is 2.19. The van der Waals surface area contributed by atoms with Crippen molar-refractivity contribution in [3.63, 3.8) is 0 Å². The third-order valence-electron chi connectivity index (χ3n) is 8.52. The number of carboxylic acids is 2. The molecule has 15 heteroatoms. The molecule has 0 aromatic heterocycles. The van der Waals surface area contributed by atoms with E-state index in [-0.39, 0.29) is 34.1 Å². The van der Waals surface area contributed by atoms with Crippen molar-refractivity contribution in [1.29, 1.82) is 0 Å². The third-order valence-corrected chi connectivity index (χ3v) is 11.0. The molecule has 0 fully saturated rings. The number of benzene rings is 6. The van der Waals surface area contributed by atoms with E-state index in [4.69, 9.17) is 26.2 Å². The molecule has 0 aliphatic carbocycles. The van der Waals surface area contributed by atoms with Gasteiger partial charge < -0.3 is 19.7 Å². The van der Waals surface area contributed by atoms with Crippen LogP contribution in [0.1, 0.15) is 22.3 Å². The van der Waals surface area contributed by atoms with Crippen LogP contribution in [-0.2, 0) is 42.1 Å². The molecule has 0 bridgehead atoms. The predicted octanol–water partition coefficient (Wildman–Crippen LogP) is 8.87. The first kappa shape index (κ1) is 40.6. The van der Waals surface area contributed by atoms with E-state index in [0.29, 0.717) is 49.5 Å². The summed E-state index contributed by atoms with van der Waals surface area (Å²) < 4.78 is 86.2. The van der Waals surface area contributed by atoms with E-state index >= 15 is 0 Å². The molecule has 0 saturated carbocycles. The normalized spacial score (nSPS) is 11.5. The summed E-state index contributed by atoms with van der Waals surface area (Å²) in [6, 6.07) is 21.9. The average Bonchev–Trinajstić information content (AvgIpc) is 3.09.